The highest BCUT2D eigenvalue weighted by atomic mass is 35.5. The van der Waals surface area contributed by atoms with Crippen LogP contribution in [0.1, 0.15) is 0 Å². The van der Waals surface area contributed by atoms with Crippen molar-refractivity contribution in [1.29, 1.82) is 0 Å². The third-order valence-electron chi connectivity index (χ3n) is 3.58. The number of hydrogen-bond donors (Lipinski definition) is 0. The lowest BCUT2D eigenvalue weighted by Crippen LogP contribution is -1.89. The van der Waals surface area contributed by atoms with Crippen LogP contribution in [-0.4, -0.2) is 9.97 Å². The lowest BCUT2D eigenvalue weighted by molar-refractivity contribution is 1.23. The molecule has 4 heteroatoms. The molecule has 2 aromatic carbocycles. The van der Waals surface area contributed by atoms with E-state index < -0.39 is 0 Å². The Balaban J connectivity index is 1.81. The van der Waals surface area contributed by atoms with Gasteiger partial charge in [0.15, 0.2) is 0 Å². The highest BCUT2D eigenvalue weighted by Gasteiger charge is 2.10. The minimum Gasteiger partial charge on any atom is -0.217 e. The summed E-state index contributed by atoms with van der Waals surface area (Å²) in [6.07, 6.45) is 0. The van der Waals surface area contributed by atoms with Crippen LogP contribution in [0.4, 0.5) is 0 Å². The number of benzene rings is 2. The van der Waals surface area contributed by atoms with Crippen molar-refractivity contribution >= 4 is 33.8 Å². The summed E-state index contributed by atoms with van der Waals surface area (Å²) in [7, 11) is 0. The molecule has 4 rings (SSSR count). The van der Waals surface area contributed by atoms with Gasteiger partial charge in [0.1, 0.15) is 0 Å². The fourth-order valence-corrected chi connectivity index (χ4v) is 3.42. The van der Waals surface area contributed by atoms with Crippen molar-refractivity contribution in [2.75, 3.05) is 0 Å². The third kappa shape index (κ3) is 2.39. The van der Waals surface area contributed by atoms with Crippen molar-refractivity contribution in [3.63, 3.8) is 0 Å². The molecule has 0 aliphatic carbocycles. The summed E-state index contributed by atoms with van der Waals surface area (Å²) < 4.78 is 0. The first-order valence-electron chi connectivity index (χ1n) is 6.86. The molecule has 0 aliphatic rings. The summed E-state index contributed by atoms with van der Waals surface area (Å²) in [6, 6.07) is 18.7. The molecule has 0 saturated carbocycles. The topological polar surface area (TPSA) is 25.8 Å². The van der Waals surface area contributed by atoms with E-state index in [4.69, 9.17) is 11.6 Å². The highest BCUT2D eigenvalue weighted by Crippen LogP contribution is 2.31. The lowest BCUT2D eigenvalue weighted by Gasteiger charge is -2.06. The Labute approximate surface area is 137 Å². The molecule has 0 amide bonds. The highest BCUT2D eigenvalue weighted by molar-refractivity contribution is 7.09. The van der Waals surface area contributed by atoms with Crippen LogP contribution in [0.15, 0.2) is 65.4 Å². The number of fused-ring (bicyclic) bond motifs is 1. The quantitative estimate of drug-likeness (QED) is 0.444. The van der Waals surface area contributed by atoms with Crippen LogP contribution in [0.5, 0.6) is 0 Å². The molecule has 2 nitrogen and oxygen atoms in total. The van der Waals surface area contributed by atoms with E-state index in [-0.39, 0.29) is 5.28 Å². The van der Waals surface area contributed by atoms with Gasteiger partial charge in [-0.15, -0.1) is 11.3 Å². The number of aromatic nitrogens is 2. The van der Waals surface area contributed by atoms with Crippen LogP contribution >= 0.6 is 22.9 Å². The van der Waals surface area contributed by atoms with Gasteiger partial charge in [0.25, 0.3) is 0 Å². The summed E-state index contributed by atoms with van der Waals surface area (Å²) in [5.74, 6) is 0. The van der Waals surface area contributed by atoms with Gasteiger partial charge >= 0.3 is 0 Å². The summed E-state index contributed by atoms with van der Waals surface area (Å²) in [5.41, 5.74) is 5.22. The SMILES string of the molecule is Clc1nc(-c2ccc(-c3ccccc3)cc2)c2cscc2n1. The van der Waals surface area contributed by atoms with E-state index in [1.807, 2.05) is 23.6 Å². The van der Waals surface area contributed by atoms with Crippen molar-refractivity contribution in [3.05, 3.63) is 70.6 Å². The molecule has 22 heavy (non-hydrogen) atoms. The molecule has 106 valence electrons. The average Bonchev–Trinajstić information content (AvgIpc) is 3.03. The van der Waals surface area contributed by atoms with Crippen LogP contribution in [0.25, 0.3) is 33.3 Å². The summed E-state index contributed by atoms with van der Waals surface area (Å²) in [6.45, 7) is 0. The minimum absolute atomic E-state index is 0.285. The zero-order valence-electron chi connectivity index (χ0n) is 11.5. The first-order valence-corrected chi connectivity index (χ1v) is 8.18. The van der Waals surface area contributed by atoms with Gasteiger partial charge in [-0.1, -0.05) is 54.6 Å². The fourth-order valence-electron chi connectivity index (χ4n) is 2.50. The third-order valence-corrected chi connectivity index (χ3v) is 4.48. The normalized spacial score (nSPS) is 11.0. The van der Waals surface area contributed by atoms with Gasteiger partial charge < -0.3 is 0 Å². The smallest absolute Gasteiger partial charge is 0.217 e. The monoisotopic (exact) mass is 322 g/mol. The zero-order valence-corrected chi connectivity index (χ0v) is 13.1. The molecule has 0 spiro atoms. The van der Waals surface area contributed by atoms with Gasteiger partial charge in [0.05, 0.1) is 11.2 Å². The predicted molar refractivity (Wildman–Crippen MR) is 93.3 cm³/mol. The van der Waals surface area contributed by atoms with Crippen LogP contribution in [-0.2, 0) is 0 Å². The Hall–Kier alpha value is -2.23. The number of thiophene rings is 1. The second kappa shape index (κ2) is 5.52. The number of hydrogen-bond acceptors (Lipinski definition) is 3. The standard InChI is InChI=1S/C18H11ClN2S/c19-18-20-16-11-22-10-15(16)17(21-18)14-8-6-13(7-9-14)12-4-2-1-3-5-12/h1-11H. The van der Waals surface area contributed by atoms with E-state index in [9.17, 15) is 0 Å². The number of nitrogens with zero attached hydrogens (tertiary/aromatic N) is 2. The van der Waals surface area contributed by atoms with E-state index in [2.05, 4.69) is 51.7 Å². The molecule has 0 fully saturated rings. The van der Waals surface area contributed by atoms with Crippen molar-refractivity contribution < 1.29 is 0 Å². The van der Waals surface area contributed by atoms with Crippen LogP contribution in [0, 0.1) is 0 Å². The summed E-state index contributed by atoms with van der Waals surface area (Å²) in [4.78, 5) is 8.66. The molecule has 2 aromatic heterocycles. The zero-order chi connectivity index (χ0) is 14.9. The molecular weight excluding hydrogens is 312 g/mol. The maximum Gasteiger partial charge on any atom is 0.223 e. The lowest BCUT2D eigenvalue weighted by atomic mass is 10.0. The van der Waals surface area contributed by atoms with Crippen molar-refractivity contribution in [2.24, 2.45) is 0 Å². The largest absolute Gasteiger partial charge is 0.223 e. The maximum absolute atomic E-state index is 6.04. The second-order valence-electron chi connectivity index (χ2n) is 4.96. The summed E-state index contributed by atoms with van der Waals surface area (Å²) in [5, 5.41) is 5.38. The van der Waals surface area contributed by atoms with Crippen molar-refractivity contribution in [1.82, 2.24) is 9.97 Å². The summed E-state index contributed by atoms with van der Waals surface area (Å²) >= 11 is 7.65. The Morgan fingerprint density at radius 1 is 0.727 bits per heavy atom. The molecule has 0 unspecified atom stereocenters. The number of halogens is 1. The van der Waals surface area contributed by atoms with E-state index in [0.717, 1.165) is 22.2 Å². The molecule has 0 bridgehead atoms. The molecular formula is C18H11ClN2S. The van der Waals surface area contributed by atoms with Gasteiger partial charge in [-0.3, -0.25) is 0 Å². The van der Waals surface area contributed by atoms with Gasteiger partial charge in [0, 0.05) is 21.7 Å². The maximum atomic E-state index is 6.04. The minimum atomic E-state index is 0.285. The van der Waals surface area contributed by atoms with E-state index in [0.29, 0.717) is 0 Å². The van der Waals surface area contributed by atoms with E-state index in [1.165, 1.54) is 11.1 Å². The Bertz CT molecular complexity index is 930. The molecule has 4 aromatic rings. The molecule has 2 heterocycles. The first kappa shape index (κ1) is 13.4. The predicted octanol–water partition coefficient (Wildman–Crippen LogP) is 5.68. The van der Waals surface area contributed by atoms with E-state index >= 15 is 0 Å². The Kier molecular flexibility index (Phi) is 3.37. The van der Waals surface area contributed by atoms with Gasteiger partial charge in [-0.25, -0.2) is 9.97 Å². The fraction of sp³-hybridized carbons (Fsp3) is 0. The molecule has 0 aliphatic heterocycles. The molecule has 0 saturated heterocycles. The van der Waals surface area contributed by atoms with Gasteiger partial charge in [0.2, 0.25) is 5.28 Å². The van der Waals surface area contributed by atoms with Crippen LogP contribution in [0.3, 0.4) is 0 Å². The van der Waals surface area contributed by atoms with Crippen molar-refractivity contribution in [3.8, 4) is 22.4 Å². The van der Waals surface area contributed by atoms with Crippen molar-refractivity contribution in [2.45, 2.75) is 0 Å². The molecule has 0 N–H and O–H groups in total. The Morgan fingerprint density at radius 2 is 1.41 bits per heavy atom. The average molecular weight is 323 g/mol. The van der Waals surface area contributed by atoms with Crippen LogP contribution in [0.2, 0.25) is 5.28 Å². The second-order valence-corrected chi connectivity index (χ2v) is 6.04. The first-order chi connectivity index (χ1) is 10.8. The molecule has 0 atom stereocenters. The Morgan fingerprint density at radius 3 is 2.18 bits per heavy atom. The molecule has 0 radical (unpaired) electrons. The number of rotatable bonds is 2. The van der Waals surface area contributed by atoms with E-state index in [1.54, 1.807) is 11.3 Å². The van der Waals surface area contributed by atoms with Gasteiger partial charge in [-0.05, 0) is 22.7 Å². The van der Waals surface area contributed by atoms with Crippen LogP contribution < -0.4 is 0 Å². The van der Waals surface area contributed by atoms with Gasteiger partial charge in [-0.2, -0.15) is 0 Å².